The number of hydrogen-bond acceptors (Lipinski definition) is 1. The van der Waals surface area contributed by atoms with E-state index in [1.807, 2.05) is 6.07 Å². The van der Waals surface area contributed by atoms with Crippen molar-refractivity contribution >= 4 is 69.6 Å². The summed E-state index contributed by atoms with van der Waals surface area (Å²) in [6, 6.07) is 41.2. The van der Waals surface area contributed by atoms with Crippen LogP contribution in [0.4, 0.5) is 0 Å². The van der Waals surface area contributed by atoms with Gasteiger partial charge in [-0.25, -0.2) is 0 Å². The van der Waals surface area contributed by atoms with E-state index in [-0.39, 0.29) is 0 Å². The van der Waals surface area contributed by atoms with Crippen molar-refractivity contribution in [1.29, 1.82) is 0 Å². The summed E-state index contributed by atoms with van der Waals surface area (Å²) in [6.45, 7) is 10.1. The highest BCUT2D eigenvalue weighted by atomic mass is 28.3. The molecule has 0 aliphatic carbocycles. The van der Waals surface area contributed by atoms with Gasteiger partial charge in [-0.3, -0.25) is 0 Å². The van der Waals surface area contributed by atoms with Crippen LogP contribution in [0.5, 0.6) is 0 Å². The molecule has 1 aromatic heterocycles. The SMILES string of the molecule is C[Si]1(C)c2ccccc2-c2c1ccc1c3c(ccc21)[Si](C)(C)c1cc(-c2ccc4oc5ccccc5c4c2)ccc1-3. The molecular weight excluding hydrogens is 529 g/mol. The zero-order valence-corrected chi connectivity index (χ0v) is 25.8. The third-order valence-corrected chi connectivity index (χ3v) is 17.2. The van der Waals surface area contributed by atoms with E-state index in [1.165, 1.54) is 54.9 Å². The Balaban J connectivity index is 1.25. The summed E-state index contributed by atoms with van der Waals surface area (Å²) in [6.07, 6.45) is 0. The van der Waals surface area contributed by atoms with Crippen LogP contribution >= 0.6 is 0 Å². The minimum absolute atomic E-state index is 0.949. The van der Waals surface area contributed by atoms with Gasteiger partial charge in [0, 0.05) is 10.8 Å². The molecule has 196 valence electrons. The van der Waals surface area contributed by atoms with Crippen LogP contribution in [0.3, 0.4) is 0 Å². The van der Waals surface area contributed by atoms with Crippen molar-refractivity contribution in [3.63, 3.8) is 0 Å². The van der Waals surface area contributed by atoms with Crippen molar-refractivity contribution in [2.45, 2.75) is 26.2 Å². The molecule has 0 bridgehead atoms. The Morgan fingerprint density at radius 1 is 0.415 bits per heavy atom. The topological polar surface area (TPSA) is 13.1 Å². The Morgan fingerprint density at radius 3 is 1.78 bits per heavy atom. The molecule has 0 saturated carbocycles. The van der Waals surface area contributed by atoms with Crippen molar-refractivity contribution in [2.24, 2.45) is 0 Å². The third kappa shape index (κ3) is 2.95. The predicted octanol–water partition coefficient (Wildman–Crippen LogP) is 8.01. The zero-order valence-electron chi connectivity index (χ0n) is 23.8. The van der Waals surface area contributed by atoms with Crippen molar-refractivity contribution in [3.05, 3.63) is 109 Å². The molecule has 2 aliphatic heterocycles. The zero-order chi connectivity index (χ0) is 27.7. The van der Waals surface area contributed by atoms with Crippen LogP contribution in [0, 0.1) is 0 Å². The van der Waals surface area contributed by atoms with E-state index >= 15 is 0 Å². The van der Waals surface area contributed by atoms with Gasteiger partial charge in [0.25, 0.3) is 0 Å². The van der Waals surface area contributed by atoms with Gasteiger partial charge in [0.15, 0.2) is 0 Å². The molecule has 0 unspecified atom stereocenters. The van der Waals surface area contributed by atoms with E-state index in [0.717, 1.165) is 11.2 Å². The maximum Gasteiger partial charge on any atom is 0.135 e. The molecule has 2 aliphatic rings. The van der Waals surface area contributed by atoms with E-state index in [1.54, 1.807) is 20.7 Å². The first-order valence-electron chi connectivity index (χ1n) is 14.6. The van der Waals surface area contributed by atoms with Gasteiger partial charge in [-0.1, -0.05) is 117 Å². The first-order valence-corrected chi connectivity index (χ1v) is 20.6. The lowest BCUT2D eigenvalue weighted by Crippen LogP contribution is -2.49. The van der Waals surface area contributed by atoms with E-state index in [2.05, 4.69) is 129 Å². The fourth-order valence-corrected chi connectivity index (χ4v) is 14.1. The van der Waals surface area contributed by atoms with Crippen LogP contribution in [0.2, 0.25) is 26.2 Å². The summed E-state index contributed by atoms with van der Waals surface area (Å²) in [4.78, 5) is 0. The summed E-state index contributed by atoms with van der Waals surface area (Å²) in [5, 5.41) is 11.5. The molecule has 41 heavy (non-hydrogen) atoms. The molecule has 6 aromatic carbocycles. The summed E-state index contributed by atoms with van der Waals surface area (Å²) in [7, 11) is -3.58. The van der Waals surface area contributed by atoms with Gasteiger partial charge in [0.1, 0.15) is 27.3 Å². The lowest BCUT2D eigenvalue weighted by molar-refractivity contribution is 0.669. The summed E-state index contributed by atoms with van der Waals surface area (Å²) < 4.78 is 6.11. The lowest BCUT2D eigenvalue weighted by atomic mass is 9.92. The van der Waals surface area contributed by atoms with E-state index in [4.69, 9.17) is 4.42 Å². The fraction of sp³-hybridized carbons (Fsp3) is 0.105. The van der Waals surface area contributed by atoms with Gasteiger partial charge < -0.3 is 4.42 Å². The Bertz CT molecular complexity index is 2270. The smallest absolute Gasteiger partial charge is 0.135 e. The number of furan rings is 1. The van der Waals surface area contributed by atoms with Gasteiger partial charge in [-0.2, -0.15) is 0 Å². The van der Waals surface area contributed by atoms with Gasteiger partial charge in [-0.05, 0) is 83.1 Å². The maximum atomic E-state index is 6.11. The largest absolute Gasteiger partial charge is 0.456 e. The van der Waals surface area contributed by atoms with Crippen LogP contribution in [0.15, 0.2) is 114 Å². The second kappa shape index (κ2) is 7.76. The monoisotopic (exact) mass is 558 g/mol. The van der Waals surface area contributed by atoms with Crippen molar-refractivity contribution in [1.82, 2.24) is 0 Å². The molecule has 0 saturated heterocycles. The van der Waals surface area contributed by atoms with Gasteiger partial charge in [-0.15, -0.1) is 0 Å². The third-order valence-electron chi connectivity index (χ3n) is 10.1. The molecule has 7 aromatic rings. The summed E-state index contributed by atoms with van der Waals surface area (Å²) >= 11 is 0. The highest BCUT2D eigenvalue weighted by molar-refractivity contribution is 7.05. The summed E-state index contributed by atoms with van der Waals surface area (Å²) in [5.74, 6) is 0. The molecule has 0 radical (unpaired) electrons. The van der Waals surface area contributed by atoms with Gasteiger partial charge >= 0.3 is 0 Å². The Hall–Kier alpha value is -4.19. The normalized spacial score (nSPS) is 15.7. The standard InChI is InChI=1S/C38H30OSi2/c1-40(2)33-12-8-6-10-28(33)37-26-17-20-35-38(27(26)16-19-34(37)40)29-15-13-24(22-36(29)41(35,3)4)23-14-18-32-30(21-23)25-9-5-7-11-31(25)39-32/h5-22H,1-4H3. The van der Waals surface area contributed by atoms with Crippen LogP contribution < -0.4 is 20.7 Å². The second-order valence-corrected chi connectivity index (χ2v) is 21.6. The van der Waals surface area contributed by atoms with Crippen LogP contribution in [-0.2, 0) is 0 Å². The molecule has 0 atom stereocenters. The van der Waals surface area contributed by atoms with Crippen molar-refractivity contribution in [2.75, 3.05) is 0 Å². The lowest BCUT2D eigenvalue weighted by Gasteiger charge is -2.21. The molecule has 9 rings (SSSR count). The first-order chi connectivity index (χ1) is 19.8. The minimum Gasteiger partial charge on any atom is -0.456 e. The van der Waals surface area contributed by atoms with E-state index in [0.29, 0.717) is 0 Å². The molecule has 0 amide bonds. The van der Waals surface area contributed by atoms with E-state index < -0.39 is 16.1 Å². The molecule has 1 nitrogen and oxygen atoms in total. The molecule has 0 N–H and O–H groups in total. The van der Waals surface area contributed by atoms with Gasteiger partial charge in [0.2, 0.25) is 0 Å². The average molecular weight is 559 g/mol. The molecule has 0 spiro atoms. The quantitative estimate of drug-likeness (QED) is 0.186. The average Bonchev–Trinajstić information content (AvgIpc) is 3.56. The molecule has 3 heterocycles. The fourth-order valence-electron chi connectivity index (χ4n) is 7.93. The number of hydrogen-bond donors (Lipinski definition) is 0. The van der Waals surface area contributed by atoms with Crippen LogP contribution in [0.1, 0.15) is 0 Å². The first kappa shape index (κ1) is 23.5. The van der Waals surface area contributed by atoms with Gasteiger partial charge in [0.05, 0.1) is 0 Å². The highest BCUT2D eigenvalue weighted by Gasteiger charge is 2.41. The number of fused-ring (bicyclic) bond motifs is 12. The summed E-state index contributed by atoms with van der Waals surface area (Å²) in [5.41, 5.74) is 10.3. The Kier molecular flexibility index (Phi) is 4.45. The maximum absolute atomic E-state index is 6.11. The predicted molar refractivity (Wildman–Crippen MR) is 181 cm³/mol. The van der Waals surface area contributed by atoms with Crippen molar-refractivity contribution in [3.8, 4) is 33.4 Å². The highest BCUT2D eigenvalue weighted by Crippen LogP contribution is 2.41. The number of para-hydroxylation sites is 1. The number of benzene rings is 6. The molecular formula is C38H30OSi2. The van der Waals surface area contributed by atoms with Crippen LogP contribution in [-0.4, -0.2) is 16.1 Å². The number of rotatable bonds is 1. The molecule has 0 fully saturated rings. The molecule has 3 heteroatoms. The Morgan fingerprint density at radius 2 is 1.00 bits per heavy atom. The second-order valence-electron chi connectivity index (χ2n) is 12.9. The van der Waals surface area contributed by atoms with Crippen LogP contribution in [0.25, 0.3) is 66.1 Å². The minimum atomic E-state index is -1.88. The van der Waals surface area contributed by atoms with Crippen molar-refractivity contribution < 1.29 is 4.42 Å². The van der Waals surface area contributed by atoms with E-state index in [9.17, 15) is 0 Å². The Labute approximate surface area is 242 Å².